The van der Waals surface area contributed by atoms with Gasteiger partial charge >= 0.3 is 0 Å². The maximum Gasteiger partial charge on any atom is 0.0829 e. The first-order valence-electron chi connectivity index (χ1n) is 5.06. The molecule has 3 heteroatoms. The summed E-state index contributed by atoms with van der Waals surface area (Å²) in [6.45, 7) is 6.32. The quantitative estimate of drug-likeness (QED) is 0.859. The minimum absolute atomic E-state index is 0.246. The van der Waals surface area contributed by atoms with Crippen molar-refractivity contribution in [3.05, 3.63) is 32.7 Å². The van der Waals surface area contributed by atoms with Gasteiger partial charge in [-0.05, 0) is 35.6 Å². The van der Waals surface area contributed by atoms with Gasteiger partial charge in [-0.1, -0.05) is 52.6 Å². The maximum atomic E-state index is 10.2. The van der Waals surface area contributed by atoms with Crippen LogP contribution in [0.15, 0.2) is 27.1 Å². The summed E-state index contributed by atoms with van der Waals surface area (Å²) >= 11 is 6.89. The van der Waals surface area contributed by atoms with Gasteiger partial charge in [0.05, 0.1) is 6.10 Å². The lowest BCUT2D eigenvalue weighted by atomic mass is 9.88. The summed E-state index contributed by atoms with van der Waals surface area (Å²) < 4.78 is 1.96. The van der Waals surface area contributed by atoms with E-state index in [9.17, 15) is 5.11 Å². The Hall–Kier alpha value is 0.140. The molecule has 0 spiro atoms. The Morgan fingerprint density at radius 3 is 2.27 bits per heavy atom. The van der Waals surface area contributed by atoms with E-state index in [0.29, 0.717) is 5.92 Å². The summed E-state index contributed by atoms with van der Waals surface area (Å²) in [6, 6.07) is 5.88. The third-order valence-corrected chi connectivity index (χ3v) is 4.04. The van der Waals surface area contributed by atoms with Gasteiger partial charge in [0.2, 0.25) is 0 Å². The van der Waals surface area contributed by atoms with Crippen LogP contribution in [0.4, 0.5) is 0 Å². The van der Waals surface area contributed by atoms with Gasteiger partial charge in [0.1, 0.15) is 0 Å². The average Bonchev–Trinajstić information content (AvgIpc) is 2.19. The van der Waals surface area contributed by atoms with Crippen molar-refractivity contribution < 1.29 is 5.11 Å². The minimum atomic E-state index is -0.420. The first-order chi connectivity index (χ1) is 6.93. The minimum Gasteiger partial charge on any atom is -0.388 e. The molecule has 0 fully saturated rings. The average molecular weight is 336 g/mol. The van der Waals surface area contributed by atoms with Crippen LogP contribution >= 0.6 is 31.9 Å². The van der Waals surface area contributed by atoms with Crippen molar-refractivity contribution in [2.75, 3.05) is 0 Å². The Kier molecular flexibility index (Phi) is 4.81. The third-order valence-electron chi connectivity index (χ3n) is 2.83. The van der Waals surface area contributed by atoms with Crippen LogP contribution < -0.4 is 0 Å². The van der Waals surface area contributed by atoms with E-state index in [1.54, 1.807) is 0 Å². The summed E-state index contributed by atoms with van der Waals surface area (Å²) in [5, 5.41) is 10.2. The molecule has 0 saturated heterocycles. The van der Waals surface area contributed by atoms with Gasteiger partial charge in [0.25, 0.3) is 0 Å². The van der Waals surface area contributed by atoms with Crippen molar-refractivity contribution in [1.29, 1.82) is 0 Å². The van der Waals surface area contributed by atoms with Crippen LogP contribution in [-0.2, 0) is 0 Å². The Balaban J connectivity index is 2.99. The second-order valence-electron chi connectivity index (χ2n) is 4.21. The van der Waals surface area contributed by atoms with Gasteiger partial charge in [0.15, 0.2) is 0 Å². The summed E-state index contributed by atoms with van der Waals surface area (Å²) in [6.07, 6.45) is -0.420. The first kappa shape index (κ1) is 13.2. The zero-order valence-electron chi connectivity index (χ0n) is 9.17. The molecule has 84 valence electrons. The normalized spacial score (nSPS) is 15.4. The number of aliphatic hydroxyl groups is 1. The molecule has 1 N–H and O–H groups in total. The summed E-state index contributed by atoms with van der Waals surface area (Å²) in [5.74, 6) is 0.710. The van der Waals surface area contributed by atoms with Gasteiger partial charge < -0.3 is 5.11 Å². The highest BCUT2D eigenvalue weighted by molar-refractivity contribution is 9.11. The fraction of sp³-hybridized carbons (Fsp3) is 0.500. The first-order valence-corrected chi connectivity index (χ1v) is 6.65. The molecule has 1 nitrogen and oxygen atoms in total. The van der Waals surface area contributed by atoms with E-state index < -0.39 is 6.10 Å². The lowest BCUT2D eigenvalue weighted by Crippen LogP contribution is -2.15. The molecule has 0 bridgehead atoms. The van der Waals surface area contributed by atoms with Crippen molar-refractivity contribution in [3.63, 3.8) is 0 Å². The van der Waals surface area contributed by atoms with Crippen LogP contribution in [-0.4, -0.2) is 5.11 Å². The number of benzene rings is 1. The fourth-order valence-electron chi connectivity index (χ4n) is 1.39. The molecule has 15 heavy (non-hydrogen) atoms. The molecule has 0 radical (unpaired) electrons. The van der Waals surface area contributed by atoms with E-state index in [1.807, 2.05) is 18.2 Å². The van der Waals surface area contributed by atoms with E-state index in [1.165, 1.54) is 0 Å². The Labute approximate surface area is 108 Å². The molecule has 0 aliphatic carbocycles. The topological polar surface area (TPSA) is 20.2 Å². The molecule has 1 aromatic carbocycles. The van der Waals surface area contributed by atoms with Crippen molar-refractivity contribution >= 4 is 31.9 Å². The monoisotopic (exact) mass is 334 g/mol. The smallest absolute Gasteiger partial charge is 0.0829 e. The van der Waals surface area contributed by atoms with Crippen molar-refractivity contribution in [2.45, 2.75) is 26.9 Å². The fourth-order valence-corrected chi connectivity index (χ4v) is 2.25. The lowest BCUT2D eigenvalue weighted by molar-refractivity contribution is 0.0914. The Morgan fingerprint density at radius 1 is 1.13 bits per heavy atom. The standard InChI is InChI=1S/C12H16Br2O/c1-7(2)8(3)12(15)10-6-9(13)4-5-11(10)14/h4-8,12,15H,1-3H3. The zero-order valence-corrected chi connectivity index (χ0v) is 12.3. The highest BCUT2D eigenvalue weighted by Gasteiger charge is 2.21. The molecule has 0 aromatic heterocycles. The van der Waals surface area contributed by atoms with Crippen LogP contribution in [0, 0.1) is 11.8 Å². The maximum absolute atomic E-state index is 10.2. The predicted molar refractivity (Wildman–Crippen MR) is 70.8 cm³/mol. The second kappa shape index (κ2) is 5.46. The number of aliphatic hydroxyl groups excluding tert-OH is 1. The van der Waals surface area contributed by atoms with Crippen LogP contribution in [0.25, 0.3) is 0 Å². The highest BCUT2D eigenvalue weighted by atomic mass is 79.9. The second-order valence-corrected chi connectivity index (χ2v) is 5.98. The largest absolute Gasteiger partial charge is 0.388 e. The van der Waals surface area contributed by atoms with Crippen LogP contribution in [0.1, 0.15) is 32.4 Å². The van der Waals surface area contributed by atoms with Gasteiger partial charge in [-0.2, -0.15) is 0 Å². The van der Waals surface area contributed by atoms with E-state index in [2.05, 4.69) is 52.6 Å². The van der Waals surface area contributed by atoms with Crippen LogP contribution in [0.3, 0.4) is 0 Å². The molecule has 1 aromatic rings. The highest BCUT2D eigenvalue weighted by Crippen LogP contribution is 2.33. The van der Waals surface area contributed by atoms with Gasteiger partial charge in [-0.15, -0.1) is 0 Å². The third kappa shape index (κ3) is 3.30. The summed E-state index contributed by atoms with van der Waals surface area (Å²) in [5.41, 5.74) is 0.950. The number of hydrogen-bond donors (Lipinski definition) is 1. The van der Waals surface area contributed by atoms with Crippen molar-refractivity contribution in [3.8, 4) is 0 Å². The van der Waals surface area contributed by atoms with Gasteiger partial charge in [-0.3, -0.25) is 0 Å². The Morgan fingerprint density at radius 2 is 1.73 bits per heavy atom. The van der Waals surface area contributed by atoms with Gasteiger partial charge in [-0.25, -0.2) is 0 Å². The van der Waals surface area contributed by atoms with Crippen LogP contribution in [0.5, 0.6) is 0 Å². The van der Waals surface area contributed by atoms with E-state index in [0.717, 1.165) is 14.5 Å². The molecule has 2 unspecified atom stereocenters. The summed E-state index contributed by atoms with van der Waals surface area (Å²) in [4.78, 5) is 0. The zero-order chi connectivity index (χ0) is 11.6. The molecule has 0 aliphatic heterocycles. The van der Waals surface area contributed by atoms with E-state index in [-0.39, 0.29) is 5.92 Å². The Bertz CT molecular complexity index is 336. The van der Waals surface area contributed by atoms with Gasteiger partial charge in [0, 0.05) is 8.95 Å². The van der Waals surface area contributed by atoms with Crippen molar-refractivity contribution in [1.82, 2.24) is 0 Å². The number of rotatable bonds is 3. The molecule has 0 aliphatic rings. The SMILES string of the molecule is CC(C)C(C)C(O)c1cc(Br)ccc1Br. The summed E-state index contributed by atoms with van der Waals surface area (Å²) in [7, 11) is 0. The lowest BCUT2D eigenvalue weighted by Gasteiger charge is -2.23. The van der Waals surface area contributed by atoms with E-state index in [4.69, 9.17) is 0 Å². The predicted octanol–water partition coefficient (Wildman–Crippen LogP) is 4.54. The molecule has 0 amide bonds. The molecule has 1 rings (SSSR count). The molecule has 0 heterocycles. The molecular weight excluding hydrogens is 320 g/mol. The van der Waals surface area contributed by atoms with Crippen molar-refractivity contribution in [2.24, 2.45) is 11.8 Å². The van der Waals surface area contributed by atoms with Crippen LogP contribution in [0.2, 0.25) is 0 Å². The number of halogens is 2. The molecular formula is C12H16Br2O. The molecule has 0 saturated carbocycles. The van der Waals surface area contributed by atoms with E-state index >= 15 is 0 Å². The molecule has 2 atom stereocenters. The number of hydrogen-bond acceptors (Lipinski definition) is 1.